The molecule has 0 unspecified atom stereocenters. The van der Waals surface area contributed by atoms with E-state index in [0.29, 0.717) is 18.9 Å². The van der Waals surface area contributed by atoms with E-state index in [2.05, 4.69) is 39.0 Å². The molecule has 0 saturated heterocycles. The first-order valence-corrected chi connectivity index (χ1v) is 10.5. The largest absolute Gasteiger partial charge is 0.433 e. The predicted molar refractivity (Wildman–Crippen MR) is 113 cm³/mol. The molecule has 32 heavy (non-hydrogen) atoms. The third-order valence-electron chi connectivity index (χ3n) is 5.77. The average Bonchev–Trinajstić information content (AvgIpc) is 3.41. The topological polar surface area (TPSA) is 75.5 Å². The van der Waals surface area contributed by atoms with Crippen LogP contribution in [-0.4, -0.2) is 36.5 Å². The third kappa shape index (κ3) is 3.59. The van der Waals surface area contributed by atoms with E-state index in [4.69, 9.17) is 0 Å². The fourth-order valence-electron chi connectivity index (χ4n) is 4.40. The molecule has 166 valence electrons. The summed E-state index contributed by atoms with van der Waals surface area (Å²) in [5.41, 5.74) is 3.08. The molecule has 5 rings (SSSR count). The molecule has 4 aromatic rings. The smallest absolute Gasteiger partial charge is 0.356 e. The molecule has 10 heteroatoms. The van der Waals surface area contributed by atoms with Crippen molar-refractivity contribution in [2.75, 3.05) is 11.4 Å². The highest BCUT2D eigenvalue weighted by atomic mass is 19.4. The van der Waals surface area contributed by atoms with E-state index in [1.807, 2.05) is 23.1 Å². The Kier molecular flexibility index (Phi) is 4.87. The minimum absolute atomic E-state index is 0.108. The van der Waals surface area contributed by atoms with Crippen LogP contribution in [0.25, 0.3) is 16.6 Å². The van der Waals surface area contributed by atoms with E-state index in [1.54, 1.807) is 17.2 Å². The molecule has 0 spiro atoms. The predicted octanol–water partition coefficient (Wildman–Crippen LogP) is 4.71. The van der Waals surface area contributed by atoms with E-state index in [9.17, 15) is 13.2 Å². The number of hydrogen-bond donors (Lipinski definition) is 1. The number of alkyl halides is 3. The first-order chi connectivity index (χ1) is 15.3. The summed E-state index contributed by atoms with van der Waals surface area (Å²) < 4.78 is 39.7. The first-order valence-electron chi connectivity index (χ1n) is 10.5. The molecule has 1 aliphatic heterocycles. The van der Waals surface area contributed by atoms with Crippen molar-refractivity contribution in [3.8, 4) is 5.69 Å². The number of anilines is 1. The molecule has 0 bridgehead atoms. The first kappa shape index (κ1) is 20.5. The minimum atomic E-state index is -4.51. The van der Waals surface area contributed by atoms with Gasteiger partial charge in [-0.3, -0.25) is 0 Å². The molecule has 1 atom stereocenters. The number of aromatic nitrogens is 6. The molecule has 0 radical (unpaired) electrons. The number of halogens is 3. The van der Waals surface area contributed by atoms with E-state index < -0.39 is 11.9 Å². The van der Waals surface area contributed by atoms with Crippen LogP contribution in [-0.2, 0) is 12.6 Å². The van der Waals surface area contributed by atoms with Crippen LogP contribution >= 0.6 is 0 Å². The van der Waals surface area contributed by atoms with Gasteiger partial charge in [-0.15, -0.1) is 0 Å². The fraction of sp³-hybridized carbons (Fsp3) is 0.364. The number of hydrogen-bond acceptors (Lipinski definition) is 5. The number of rotatable bonds is 4. The van der Waals surface area contributed by atoms with Gasteiger partial charge in [-0.25, -0.2) is 9.97 Å². The standard InChI is InChI=1S/C22H22F3N7/c1-13(2)11-18-20-15(6-10-31(18)21-26-7-5-19(30-21)22(23,24)25)16-12-14(3-4-17(16)29-20)32-27-8-9-28-32/h3-5,7-9,12-13,18,29H,6,10-11H2,1-2H3/t18-/m0/s1. The summed E-state index contributed by atoms with van der Waals surface area (Å²) in [6.07, 6.45) is 1.35. The van der Waals surface area contributed by atoms with Crippen molar-refractivity contribution in [1.29, 1.82) is 0 Å². The lowest BCUT2D eigenvalue weighted by molar-refractivity contribution is -0.141. The van der Waals surface area contributed by atoms with Crippen molar-refractivity contribution in [1.82, 2.24) is 29.9 Å². The lowest BCUT2D eigenvalue weighted by Crippen LogP contribution is -2.37. The number of H-pyrrole nitrogens is 1. The van der Waals surface area contributed by atoms with Gasteiger partial charge in [0.15, 0.2) is 0 Å². The normalized spacial score (nSPS) is 16.7. The minimum Gasteiger partial charge on any atom is -0.356 e. The molecule has 1 N–H and O–H groups in total. The molecule has 0 aliphatic carbocycles. The van der Waals surface area contributed by atoms with Crippen LogP contribution < -0.4 is 4.90 Å². The highest BCUT2D eigenvalue weighted by Gasteiger charge is 2.36. The van der Waals surface area contributed by atoms with Gasteiger partial charge in [0, 0.05) is 29.3 Å². The summed E-state index contributed by atoms with van der Waals surface area (Å²) in [6, 6.07) is 6.73. The molecule has 1 aromatic carbocycles. The van der Waals surface area contributed by atoms with Crippen molar-refractivity contribution >= 4 is 16.9 Å². The molecular formula is C22H22F3N7. The van der Waals surface area contributed by atoms with Crippen LogP contribution in [0.1, 0.15) is 43.3 Å². The number of nitrogens with zero attached hydrogens (tertiary/aromatic N) is 6. The summed E-state index contributed by atoms with van der Waals surface area (Å²) in [4.78, 5) is 15.0. The molecule has 0 amide bonds. The summed E-state index contributed by atoms with van der Waals surface area (Å²) in [6.45, 7) is 4.73. The zero-order valence-corrected chi connectivity index (χ0v) is 17.6. The molecule has 3 aromatic heterocycles. The van der Waals surface area contributed by atoms with Gasteiger partial charge in [0.05, 0.1) is 24.1 Å². The second-order valence-electron chi connectivity index (χ2n) is 8.39. The Labute approximate surface area is 182 Å². The van der Waals surface area contributed by atoms with Crippen LogP contribution in [0.3, 0.4) is 0 Å². The van der Waals surface area contributed by atoms with Gasteiger partial charge < -0.3 is 9.88 Å². The maximum atomic E-state index is 13.2. The maximum Gasteiger partial charge on any atom is 0.433 e. The van der Waals surface area contributed by atoms with E-state index >= 15 is 0 Å². The lowest BCUT2D eigenvalue weighted by Gasteiger charge is -2.37. The zero-order chi connectivity index (χ0) is 22.5. The second-order valence-corrected chi connectivity index (χ2v) is 8.39. The van der Waals surface area contributed by atoms with Gasteiger partial charge in [-0.05, 0) is 48.6 Å². The number of aromatic amines is 1. The van der Waals surface area contributed by atoms with Crippen LogP contribution in [0.4, 0.5) is 19.1 Å². The quantitative estimate of drug-likeness (QED) is 0.497. The van der Waals surface area contributed by atoms with Crippen LogP contribution in [0.2, 0.25) is 0 Å². The Morgan fingerprint density at radius 1 is 1.12 bits per heavy atom. The summed E-state index contributed by atoms with van der Waals surface area (Å²) in [5, 5.41) is 9.48. The van der Waals surface area contributed by atoms with Crippen molar-refractivity contribution in [3.05, 3.63) is 59.8 Å². The Morgan fingerprint density at radius 3 is 2.62 bits per heavy atom. The Bertz CT molecular complexity index is 1240. The SMILES string of the molecule is CC(C)C[C@H]1c2[nH]c3ccc(-n4nccn4)cc3c2CCN1c1nccc(C(F)(F)F)n1. The van der Waals surface area contributed by atoms with Gasteiger partial charge in [-0.1, -0.05) is 13.8 Å². The molecule has 0 saturated carbocycles. The third-order valence-corrected chi connectivity index (χ3v) is 5.77. The molecule has 1 aliphatic rings. The summed E-state index contributed by atoms with van der Waals surface area (Å²) >= 11 is 0. The fourth-order valence-corrected chi connectivity index (χ4v) is 4.40. The van der Waals surface area contributed by atoms with Crippen molar-refractivity contribution in [3.63, 3.8) is 0 Å². The van der Waals surface area contributed by atoms with Crippen LogP contribution in [0.15, 0.2) is 42.9 Å². The van der Waals surface area contributed by atoms with Crippen molar-refractivity contribution in [2.24, 2.45) is 5.92 Å². The molecule has 0 fully saturated rings. The Hall–Kier alpha value is -3.43. The maximum absolute atomic E-state index is 13.2. The molecular weight excluding hydrogens is 419 g/mol. The summed E-state index contributed by atoms with van der Waals surface area (Å²) in [5.74, 6) is 0.436. The van der Waals surface area contributed by atoms with Gasteiger partial charge in [-0.2, -0.15) is 28.2 Å². The van der Waals surface area contributed by atoms with Crippen LogP contribution in [0, 0.1) is 5.92 Å². The van der Waals surface area contributed by atoms with E-state index in [1.165, 1.54) is 11.8 Å². The highest BCUT2D eigenvalue weighted by molar-refractivity contribution is 5.87. The van der Waals surface area contributed by atoms with Gasteiger partial charge in [0.25, 0.3) is 0 Å². The monoisotopic (exact) mass is 441 g/mol. The van der Waals surface area contributed by atoms with Gasteiger partial charge in [0.2, 0.25) is 5.95 Å². The van der Waals surface area contributed by atoms with Crippen molar-refractivity contribution in [2.45, 2.75) is 38.9 Å². The summed E-state index contributed by atoms with van der Waals surface area (Å²) in [7, 11) is 0. The Balaban J connectivity index is 1.59. The lowest BCUT2D eigenvalue weighted by atomic mass is 9.92. The second kappa shape index (κ2) is 7.61. The van der Waals surface area contributed by atoms with Crippen LogP contribution in [0.5, 0.6) is 0 Å². The van der Waals surface area contributed by atoms with E-state index in [-0.39, 0.29) is 12.0 Å². The highest BCUT2D eigenvalue weighted by Crippen LogP contribution is 2.40. The molecule has 7 nitrogen and oxygen atoms in total. The zero-order valence-electron chi connectivity index (χ0n) is 17.6. The number of fused-ring (bicyclic) bond motifs is 3. The van der Waals surface area contributed by atoms with Crippen molar-refractivity contribution < 1.29 is 13.2 Å². The van der Waals surface area contributed by atoms with Gasteiger partial charge >= 0.3 is 6.18 Å². The number of benzene rings is 1. The number of nitrogens with one attached hydrogen (secondary N) is 1. The van der Waals surface area contributed by atoms with E-state index in [0.717, 1.165) is 34.8 Å². The average molecular weight is 441 g/mol. The molecule has 4 heterocycles. The Morgan fingerprint density at radius 2 is 1.91 bits per heavy atom. The van der Waals surface area contributed by atoms with Gasteiger partial charge in [0.1, 0.15) is 5.69 Å².